The van der Waals surface area contributed by atoms with Crippen molar-refractivity contribution < 1.29 is 9.84 Å². The molecule has 0 radical (unpaired) electrons. The quantitative estimate of drug-likeness (QED) is 0.782. The van der Waals surface area contributed by atoms with Gasteiger partial charge in [0.1, 0.15) is 0 Å². The van der Waals surface area contributed by atoms with Crippen LogP contribution in [-0.4, -0.2) is 21.6 Å². The van der Waals surface area contributed by atoms with Crippen LogP contribution in [0.4, 0.5) is 0 Å². The molecule has 96 valence electrons. The number of benzene rings is 1. The van der Waals surface area contributed by atoms with Gasteiger partial charge in [-0.3, -0.25) is 0 Å². The zero-order valence-corrected chi connectivity index (χ0v) is 13.4. The van der Waals surface area contributed by atoms with Crippen LogP contribution in [0, 0.1) is 5.92 Å². The molecule has 0 amide bonds. The molecule has 1 rings (SSSR count). The van der Waals surface area contributed by atoms with Gasteiger partial charge in [0.05, 0.1) is 12.2 Å². The van der Waals surface area contributed by atoms with Crippen molar-refractivity contribution in [1.82, 2.24) is 0 Å². The molecule has 2 nitrogen and oxygen atoms in total. The average Bonchev–Trinajstić information content (AvgIpc) is 2.25. The highest BCUT2D eigenvalue weighted by Crippen LogP contribution is 2.28. The van der Waals surface area contributed by atoms with Crippen LogP contribution in [-0.2, 0) is 16.9 Å². The second-order valence-corrected chi connectivity index (χ2v) is 5.78. The van der Waals surface area contributed by atoms with E-state index >= 15 is 0 Å². The summed E-state index contributed by atoms with van der Waals surface area (Å²) < 4.78 is 5.41. The molecule has 1 aromatic carbocycles. The van der Waals surface area contributed by atoms with Crippen LogP contribution >= 0.6 is 0 Å². The van der Waals surface area contributed by atoms with Crippen LogP contribution < -0.4 is 0 Å². The van der Waals surface area contributed by atoms with Crippen molar-refractivity contribution in [1.29, 1.82) is 0 Å². The van der Waals surface area contributed by atoms with E-state index in [1.807, 2.05) is 31.2 Å². The topological polar surface area (TPSA) is 29.5 Å². The van der Waals surface area contributed by atoms with Gasteiger partial charge in [0, 0.05) is 16.5 Å². The lowest BCUT2D eigenvalue weighted by Gasteiger charge is -2.26. The molecule has 0 saturated carbocycles. The Morgan fingerprint density at radius 2 is 1.88 bits per heavy atom. The van der Waals surface area contributed by atoms with Gasteiger partial charge in [-0.1, -0.05) is 38.1 Å². The van der Waals surface area contributed by atoms with Gasteiger partial charge in [-0.15, -0.1) is 0 Å². The van der Waals surface area contributed by atoms with Gasteiger partial charge in [-0.2, -0.15) is 0 Å². The predicted octanol–water partition coefficient (Wildman–Crippen LogP) is 1.78. The lowest BCUT2D eigenvalue weighted by atomic mass is 9.87. The number of ether oxygens (including phenoxy) is 1. The van der Waals surface area contributed by atoms with Gasteiger partial charge >= 0.3 is 0 Å². The zero-order chi connectivity index (χ0) is 12.9. The molecular formula is C14H24O2Si. The standard InChI is InChI=1S/C14H24O2Si/c1-11(2)8-14(3,15)13-6-4-12(5-7-13)9-16-10-17/h4-7,11,15H,8-10H2,1-3,17H3. The average molecular weight is 252 g/mol. The Bertz CT molecular complexity index is 331. The Hall–Kier alpha value is -0.643. The molecule has 0 heterocycles. The normalized spacial score (nSPS) is 15.1. The SMILES string of the molecule is CC(C)CC(C)(O)c1ccc(COC[SiH3])cc1. The smallest absolute Gasteiger partial charge is 0.0871 e. The maximum absolute atomic E-state index is 10.4. The molecule has 17 heavy (non-hydrogen) atoms. The van der Waals surface area contributed by atoms with Crippen molar-refractivity contribution >= 4 is 10.2 Å². The number of rotatable bonds is 6. The number of hydrogen-bond acceptors (Lipinski definition) is 2. The summed E-state index contributed by atoms with van der Waals surface area (Å²) in [5, 5.41) is 10.4. The van der Waals surface area contributed by atoms with Crippen LogP contribution in [0.15, 0.2) is 24.3 Å². The molecular weight excluding hydrogens is 228 g/mol. The fraction of sp³-hybridized carbons (Fsp3) is 0.571. The molecule has 0 saturated heterocycles. The van der Waals surface area contributed by atoms with Gasteiger partial charge in [0.15, 0.2) is 0 Å². The van der Waals surface area contributed by atoms with E-state index in [0.717, 1.165) is 28.5 Å². The Kier molecular flexibility index (Phi) is 5.37. The number of aliphatic hydroxyl groups is 1. The van der Waals surface area contributed by atoms with Crippen molar-refractivity contribution in [3.8, 4) is 0 Å². The molecule has 1 aromatic rings. The van der Waals surface area contributed by atoms with Gasteiger partial charge in [0.25, 0.3) is 0 Å². The van der Waals surface area contributed by atoms with Crippen molar-refractivity contribution in [3.05, 3.63) is 35.4 Å². The molecule has 0 aliphatic carbocycles. The first-order valence-electron chi connectivity index (χ1n) is 6.35. The Morgan fingerprint density at radius 3 is 2.35 bits per heavy atom. The molecule has 0 fully saturated rings. The number of hydrogen-bond donors (Lipinski definition) is 1. The van der Waals surface area contributed by atoms with Crippen LogP contribution in [0.1, 0.15) is 38.3 Å². The van der Waals surface area contributed by atoms with Crippen molar-refractivity contribution in [2.45, 2.75) is 39.4 Å². The van der Waals surface area contributed by atoms with Crippen molar-refractivity contribution in [3.63, 3.8) is 0 Å². The second kappa shape index (κ2) is 6.33. The molecule has 0 spiro atoms. The summed E-state index contributed by atoms with van der Waals surface area (Å²) in [6.45, 7) is 6.82. The lowest BCUT2D eigenvalue weighted by molar-refractivity contribution is 0.0348. The second-order valence-electron chi connectivity index (χ2n) is 5.21. The van der Waals surface area contributed by atoms with Gasteiger partial charge in [0.2, 0.25) is 0 Å². The van der Waals surface area contributed by atoms with E-state index in [4.69, 9.17) is 4.74 Å². The summed E-state index contributed by atoms with van der Waals surface area (Å²) in [6, 6.07) is 8.10. The van der Waals surface area contributed by atoms with Crippen molar-refractivity contribution in [2.75, 3.05) is 6.23 Å². The van der Waals surface area contributed by atoms with Gasteiger partial charge in [-0.25, -0.2) is 0 Å². The molecule has 1 atom stereocenters. The van der Waals surface area contributed by atoms with Gasteiger partial charge in [-0.05, 0) is 30.4 Å². The van der Waals surface area contributed by atoms with Crippen LogP contribution in [0.3, 0.4) is 0 Å². The van der Waals surface area contributed by atoms with Gasteiger partial charge < -0.3 is 9.84 Å². The first kappa shape index (κ1) is 14.4. The lowest BCUT2D eigenvalue weighted by Crippen LogP contribution is -2.23. The highest BCUT2D eigenvalue weighted by atomic mass is 28.1. The minimum atomic E-state index is -0.731. The van der Waals surface area contributed by atoms with E-state index in [1.54, 1.807) is 0 Å². The summed E-state index contributed by atoms with van der Waals surface area (Å²) in [5.74, 6) is 0.484. The maximum atomic E-state index is 10.4. The maximum Gasteiger partial charge on any atom is 0.0871 e. The first-order valence-corrected chi connectivity index (χ1v) is 7.76. The first-order chi connectivity index (χ1) is 7.95. The fourth-order valence-corrected chi connectivity index (χ4v) is 2.30. The summed E-state index contributed by atoms with van der Waals surface area (Å²) in [4.78, 5) is 0. The highest BCUT2D eigenvalue weighted by molar-refractivity contribution is 6.08. The molecule has 1 N–H and O–H groups in total. The summed E-state index contributed by atoms with van der Waals surface area (Å²) in [7, 11) is 1.08. The summed E-state index contributed by atoms with van der Waals surface area (Å²) in [6.07, 6.45) is 1.65. The van der Waals surface area contributed by atoms with Crippen LogP contribution in [0.2, 0.25) is 0 Å². The molecule has 0 aromatic heterocycles. The third-order valence-corrected chi connectivity index (χ3v) is 3.26. The molecule has 0 aliphatic rings. The Balaban J connectivity index is 2.72. The molecule has 0 bridgehead atoms. The van der Waals surface area contributed by atoms with Crippen LogP contribution in [0.5, 0.6) is 0 Å². The zero-order valence-electron chi connectivity index (χ0n) is 11.4. The largest absolute Gasteiger partial charge is 0.385 e. The van der Waals surface area contributed by atoms with E-state index in [9.17, 15) is 5.11 Å². The van der Waals surface area contributed by atoms with E-state index < -0.39 is 5.60 Å². The van der Waals surface area contributed by atoms with E-state index in [-0.39, 0.29) is 0 Å². The van der Waals surface area contributed by atoms with Crippen molar-refractivity contribution in [2.24, 2.45) is 5.92 Å². The molecule has 3 heteroatoms. The van der Waals surface area contributed by atoms with E-state index in [2.05, 4.69) is 13.8 Å². The predicted molar refractivity (Wildman–Crippen MR) is 75.1 cm³/mol. The van der Waals surface area contributed by atoms with Crippen LogP contribution in [0.25, 0.3) is 0 Å². The minimum Gasteiger partial charge on any atom is -0.385 e. The van der Waals surface area contributed by atoms with E-state index in [0.29, 0.717) is 12.5 Å². The third kappa shape index (κ3) is 4.62. The molecule has 0 aliphatic heterocycles. The monoisotopic (exact) mass is 252 g/mol. The third-order valence-electron chi connectivity index (χ3n) is 2.85. The minimum absolute atomic E-state index is 0.484. The Morgan fingerprint density at radius 1 is 1.29 bits per heavy atom. The molecule has 1 unspecified atom stereocenters. The Labute approximate surface area is 107 Å². The fourth-order valence-electron chi connectivity index (χ4n) is 2.09. The highest BCUT2D eigenvalue weighted by Gasteiger charge is 2.23. The van der Waals surface area contributed by atoms with E-state index in [1.165, 1.54) is 5.56 Å². The summed E-state index contributed by atoms with van der Waals surface area (Å²) >= 11 is 0. The summed E-state index contributed by atoms with van der Waals surface area (Å²) in [5.41, 5.74) is 1.43.